The molecule has 2 saturated heterocycles. The summed E-state index contributed by atoms with van der Waals surface area (Å²) < 4.78 is 35.6. The van der Waals surface area contributed by atoms with Gasteiger partial charge < -0.3 is 20.7 Å². The van der Waals surface area contributed by atoms with Crippen LogP contribution >= 0.6 is 11.3 Å². The summed E-state index contributed by atoms with van der Waals surface area (Å²) in [7, 11) is 1.45. The van der Waals surface area contributed by atoms with Crippen molar-refractivity contribution >= 4 is 43.4 Å². The molecule has 164 valence electrons. The van der Waals surface area contributed by atoms with Gasteiger partial charge in [0.2, 0.25) is 0 Å². The number of pyridine rings is 1. The number of fused-ring (bicyclic) bond motifs is 4. The molecule has 4 aromatic rings. The van der Waals surface area contributed by atoms with Gasteiger partial charge in [-0.15, -0.1) is 0 Å². The number of hydrogen-bond donors (Lipinski definition) is 2. The van der Waals surface area contributed by atoms with Crippen LogP contribution in [0.5, 0.6) is 6.01 Å². The Labute approximate surface area is 185 Å². The van der Waals surface area contributed by atoms with Crippen LogP contribution in [0.25, 0.3) is 32.4 Å². The fourth-order valence-electron chi connectivity index (χ4n) is 4.70. The first-order valence-electron chi connectivity index (χ1n) is 10.3. The van der Waals surface area contributed by atoms with Gasteiger partial charge in [0.1, 0.15) is 22.8 Å². The van der Waals surface area contributed by atoms with Gasteiger partial charge in [0.05, 0.1) is 22.7 Å². The van der Waals surface area contributed by atoms with Gasteiger partial charge in [0.15, 0.2) is 10.9 Å². The number of hydrogen-bond acceptors (Lipinski definition) is 9. The predicted octanol–water partition coefficient (Wildman–Crippen LogP) is 3.11. The van der Waals surface area contributed by atoms with E-state index in [0.717, 1.165) is 37.3 Å². The molecule has 2 bridgehead atoms. The molecule has 3 aromatic heterocycles. The summed E-state index contributed by atoms with van der Waals surface area (Å²) in [5.41, 5.74) is 6.54. The Balaban J connectivity index is 1.55. The average Bonchev–Trinajstić information content (AvgIpc) is 3.35. The summed E-state index contributed by atoms with van der Waals surface area (Å²) in [6.07, 6.45) is 3.78. The van der Waals surface area contributed by atoms with Crippen LogP contribution in [0, 0.1) is 11.6 Å². The number of halogens is 2. The number of rotatable bonds is 3. The topological polar surface area (TPSA) is 102 Å². The van der Waals surface area contributed by atoms with Crippen LogP contribution in [0.3, 0.4) is 0 Å². The molecule has 0 aliphatic carbocycles. The van der Waals surface area contributed by atoms with Crippen LogP contribution in [0.2, 0.25) is 0 Å². The van der Waals surface area contributed by atoms with Gasteiger partial charge in [0, 0.05) is 36.9 Å². The minimum absolute atomic E-state index is 0.0277. The summed E-state index contributed by atoms with van der Waals surface area (Å²) in [5.74, 6) is -0.494. The second-order valence-corrected chi connectivity index (χ2v) is 9.12. The number of anilines is 2. The minimum Gasteiger partial charge on any atom is -0.467 e. The maximum Gasteiger partial charge on any atom is 0.318 e. The van der Waals surface area contributed by atoms with Crippen LogP contribution in [-0.4, -0.2) is 52.2 Å². The molecule has 2 unspecified atom stereocenters. The summed E-state index contributed by atoms with van der Waals surface area (Å²) in [6, 6.07) is 3.57. The molecule has 0 spiro atoms. The second kappa shape index (κ2) is 7.17. The molecule has 0 radical (unpaired) electrons. The zero-order valence-corrected chi connectivity index (χ0v) is 17.9. The van der Waals surface area contributed by atoms with Crippen molar-refractivity contribution in [3.05, 3.63) is 30.0 Å². The van der Waals surface area contributed by atoms with Crippen molar-refractivity contribution in [2.24, 2.45) is 0 Å². The normalized spacial score (nSPS) is 20.4. The number of methoxy groups -OCH3 is 1. The van der Waals surface area contributed by atoms with E-state index in [9.17, 15) is 4.39 Å². The van der Waals surface area contributed by atoms with E-state index in [1.165, 1.54) is 19.2 Å². The highest BCUT2D eigenvalue weighted by molar-refractivity contribution is 7.22. The molecule has 1 aromatic carbocycles. The van der Waals surface area contributed by atoms with E-state index >= 15 is 4.39 Å². The highest BCUT2D eigenvalue weighted by Gasteiger charge is 2.34. The van der Waals surface area contributed by atoms with Crippen molar-refractivity contribution in [2.45, 2.75) is 24.9 Å². The SMILES string of the molecule is COc1nc(N2CC3CCC(C2)N3)c2cnc(-c3ccc(F)c4sc(N)nc34)c(F)c2n1. The van der Waals surface area contributed by atoms with Crippen molar-refractivity contribution in [3.8, 4) is 17.3 Å². The third-order valence-corrected chi connectivity index (χ3v) is 7.00. The standard InChI is InChI=1S/C21H19F2N7OS/c1-31-21-28-16-12(19(29-21)30-7-9-2-3-10(8-30)26-9)6-25-15(14(16)23)11-4-5-13(22)18-17(11)27-20(24)32-18/h4-6,9-10,26H,2-3,7-8H2,1H3,(H2,24,27). The Morgan fingerprint density at radius 3 is 2.66 bits per heavy atom. The number of piperazine rings is 1. The first-order chi connectivity index (χ1) is 15.5. The van der Waals surface area contributed by atoms with Gasteiger partial charge in [-0.3, -0.25) is 4.98 Å². The highest BCUT2D eigenvalue weighted by Crippen LogP contribution is 2.38. The lowest BCUT2D eigenvalue weighted by Crippen LogP contribution is -2.51. The average molecular weight is 455 g/mol. The number of benzene rings is 1. The van der Waals surface area contributed by atoms with Crippen LogP contribution in [-0.2, 0) is 0 Å². The monoisotopic (exact) mass is 455 g/mol. The first-order valence-corrected chi connectivity index (χ1v) is 11.1. The Hall–Kier alpha value is -3.18. The number of nitrogen functional groups attached to an aromatic ring is 1. The lowest BCUT2D eigenvalue weighted by atomic mass is 10.1. The van der Waals surface area contributed by atoms with Crippen LogP contribution in [0.4, 0.5) is 19.7 Å². The van der Waals surface area contributed by atoms with Crippen molar-refractivity contribution in [1.29, 1.82) is 0 Å². The molecule has 2 fully saturated rings. The molecule has 2 aliphatic heterocycles. The second-order valence-electron chi connectivity index (χ2n) is 8.08. The third-order valence-electron chi connectivity index (χ3n) is 6.11. The number of aromatic nitrogens is 4. The predicted molar refractivity (Wildman–Crippen MR) is 119 cm³/mol. The van der Waals surface area contributed by atoms with Crippen molar-refractivity contribution < 1.29 is 13.5 Å². The molecule has 8 nitrogen and oxygen atoms in total. The summed E-state index contributed by atoms with van der Waals surface area (Å²) in [6.45, 7) is 1.54. The number of nitrogens with zero attached hydrogens (tertiary/aromatic N) is 5. The van der Waals surface area contributed by atoms with E-state index in [4.69, 9.17) is 10.5 Å². The van der Waals surface area contributed by atoms with Crippen LogP contribution in [0.15, 0.2) is 18.3 Å². The molecule has 2 aliphatic rings. The number of nitrogens with one attached hydrogen (secondary N) is 1. The molecule has 5 heterocycles. The summed E-state index contributed by atoms with van der Waals surface area (Å²) in [4.78, 5) is 19.5. The van der Waals surface area contributed by atoms with Gasteiger partial charge in [-0.05, 0) is 25.0 Å². The lowest BCUT2D eigenvalue weighted by Gasteiger charge is -2.34. The number of thiazole rings is 1. The smallest absolute Gasteiger partial charge is 0.318 e. The molecule has 11 heteroatoms. The zero-order valence-electron chi connectivity index (χ0n) is 17.1. The molecule has 3 N–H and O–H groups in total. The number of nitrogens with two attached hydrogens (primary N) is 1. The van der Waals surface area contributed by atoms with E-state index in [2.05, 4.69) is 30.2 Å². The van der Waals surface area contributed by atoms with Gasteiger partial charge in [-0.25, -0.2) is 13.8 Å². The quantitative estimate of drug-likeness (QED) is 0.486. The van der Waals surface area contributed by atoms with E-state index in [1.54, 1.807) is 6.20 Å². The maximum atomic E-state index is 15.8. The minimum atomic E-state index is -0.637. The number of ether oxygens (including phenoxy) is 1. The molecule has 0 amide bonds. The Kier molecular flexibility index (Phi) is 4.37. The van der Waals surface area contributed by atoms with Gasteiger partial charge in [-0.2, -0.15) is 9.97 Å². The Bertz CT molecular complexity index is 1370. The van der Waals surface area contributed by atoms with E-state index in [-0.39, 0.29) is 32.6 Å². The molecular formula is C21H19F2N7OS. The third kappa shape index (κ3) is 2.95. The van der Waals surface area contributed by atoms with Gasteiger partial charge in [0.25, 0.3) is 0 Å². The Morgan fingerprint density at radius 1 is 1.12 bits per heavy atom. The largest absolute Gasteiger partial charge is 0.467 e. The first kappa shape index (κ1) is 19.5. The van der Waals surface area contributed by atoms with E-state index in [1.807, 2.05) is 0 Å². The van der Waals surface area contributed by atoms with Crippen molar-refractivity contribution in [3.63, 3.8) is 0 Å². The van der Waals surface area contributed by atoms with Gasteiger partial charge >= 0.3 is 6.01 Å². The van der Waals surface area contributed by atoms with Crippen molar-refractivity contribution in [2.75, 3.05) is 30.8 Å². The fourth-order valence-corrected chi connectivity index (χ4v) is 5.46. The summed E-state index contributed by atoms with van der Waals surface area (Å²) >= 11 is 1.01. The molecular weight excluding hydrogens is 436 g/mol. The molecule has 32 heavy (non-hydrogen) atoms. The van der Waals surface area contributed by atoms with Crippen LogP contribution < -0.4 is 20.7 Å². The fraction of sp³-hybridized carbons (Fsp3) is 0.333. The molecule has 6 rings (SSSR count). The Morgan fingerprint density at radius 2 is 1.91 bits per heavy atom. The molecule has 0 saturated carbocycles. The highest BCUT2D eigenvalue weighted by atomic mass is 32.1. The zero-order chi connectivity index (χ0) is 22.0. The maximum absolute atomic E-state index is 15.8. The van der Waals surface area contributed by atoms with E-state index in [0.29, 0.717) is 28.9 Å². The van der Waals surface area contributed by atoms with Crippen LogP contribution in [0.1, 0.15) is 12.8 Å². The van der Waals surface area contributed by atoms with Gasteiger partial charge in [-0.1, -0.05) is 11.3 Å². The van der Waals surface area contributed by atoms with E-state index < -0.39 is 11.6 Å². The summed E-state index contributed by atoms with van der Waals surface area (Å²) in [5, 5.41) is 4.28. The molecule has 2 atom stereocenters. The lowest BCUT2D eigenvalue weighted by molar-refractivity contribution is 0.380. The van der Waals surface area contributed by atoms with Crippen molar-refractivity contribution in [1.82, 2.24) is 25.3 Å².